The molecule has 0 aliphatic heterocycles. The van der Waals surface area contributed by atoms with Gasteiger partial charge in [-0.1, -0.05) is 0 Å². The number of carbonyl (C=O) groups is 6. The Morgan fingerprint density at radius 2 is 1.27 bits per heavy atom. The summed E-state index contributed by atoms with van der Waals surface area (Å²) in [6.45, 7) is 0.604. The molecule has 146 valence electrons. The first-order valence-electron chi connectivity index (χ1n) is 6.83. The van der Waals surface area contributed by atoms with Gasteiger partial charge in [0.25, 0.3) is 0 Å². The summed E-state index contributed by atoms with van der Waals surface area (Å²) in [6.07, 6.45) is -5.09. The average molecular weight is 380 g/mol. The van der Waals surface area contributed by atoms with Gasteiger partial charge in [0.2, 0.25) is 11.6 Å². The molecule has 3 atom stereocenters. The van der Waals surface area contributed by atoms with E-state index in [2.05, 4.69) is 19.6 Å². The van der Waals surface area contributed by atoms with Crippen LogP contribution in [0.4, 0.5) is 0 Å². The molecule has 0 aliphatic carbocycles. The van der Waals surface area contributed by atoms with Crippen LogP contribution in [0.3, 0.4) is 0 Å². The second-order valence-electron chi connectivity index (χ2n) is 4.76. The molecule has 13 nitrogen and oxygen atoms in total. The lowest BCUT2D eigenvalue weighted by atomic mass is 9.95. The quantitative estimate of drug-likeness (QED) is 0.217. The summed E-state index contributed by atoms with van der Waals surface area (Å²) < 4.78 is 0. The molecule has 0 rings (SSSR count). The second-order valence-corrected chi connectivity index (χ2v) is 4.76. The van der Waals surface area contributed by atoms with Crippen molar-refractivity contribution in [3.8, 4) is 0 Å². The zero-order chi connectivity index (χ0) is 20.4. The first kappa shape index (κ1) is 23.1. The lowest BCUT2D eigenvalue weighted by Crippen LogP contribution is -2.42. The summed E-state index contributed by atoms with van der Waals surface area (Å²) >= 11 is 0. The van der Waals surface area contributed by atoms with Crippen LogP contribution in [-0.4, -0.2) is 69.6 Å². The summed E-state index contributed by atoms with van der Waals surface area (Å²) in [4.78, 5) is 81.9. The standard InChI is InChI=1S/C13H16O13/c1-5(15)11(20)24-23-9(18)3-7(10(19)8(17)4-14)13(22)26-25-12(21)6(2)16/h7-8,10,14,17,19H,3-4H2,1-2H3. The third kappa shape index (κ3) is 7.78. The van der Waals surface area contributed by atoms with Crippen LogP contribution in [0.2, 0.25) is 0 Å². The lowest BCUT2D eigenvalue weighted by Gasteiger charge is -2.22. The summed E-state index contributed by atoms with van der Waals surface area (Å²) in [5, 5.41) is 27.9. The number of carbonyl (C=O) groups excluding carboxylic acids is 6. The molecule has 0 bridgehead atoms. The Hall–Kier alpha value is -2.90. The first-order valence-corrected chi connectivity index (χ1v) is 6.83. The highest BCUT2D eigenvalue weighted by Gasteiger charge is 2.37. The van der Waals surface area contributed by atoms with Crippen molar-refractivity contribution in [3.63, 3.8) is 0 Å². The van der Waals surface area contributed by atoms with Crippen LogP contribution in [0.15, 0.2) is 0 Å². The van der Waals surface area contributed by atoms with E-state index in [1.54, 1.807) is 0 Å². The van der Waals surface area contributed by atoms with Crippen molar-refractivity contribution in [2.75, 3.05) is 6.61 Å². The van der Waals surface area contributed by atoms with Crippen molar-refractivity contribution in [1.29, 1.82) is 0 Å². The Bertz CT molecular complexity index is 581. The maximum absolute atomic E-state index is 11.8. The predicted molar refractivity (Wildman–Crippen MR) is 72.9 cm³/mol. The van der Waals surface area contributed by atoms with Crippen molar-refractivity contribution in [1.82, 2.24) is 0 Å². The number of aliphatic hydroxyl groups is 3. The molecule has 0 amide bonds. The van der Waals surface area contributed by atoms with E-state index in [1.807, 2.05) is 0 Å². The smallest absolute Gasteiger partial charge is 0.394 e. The van der Waals surface area contributed by atoms with Crippen LogP contribution in [0.1, 0.15) is 20.3 Å². The third-order valence-electron chi connectivity index (χ3n) is 2.67. The van der Waals surface area contributed by atoms with Gasteiger partial charge in [0, 0.05) is 13.8 Å². The summed E-state index contributed by atoms with van der Waals surface area (Å²) in [7, 11) is 0. The van der Waals surface area contributed by atoms with E-state index in [0.29, 0.717) is 0 Å². The number of Topliss-reactive ketones (excluding diaryl/α,β-unsaturated/α-hetero) is 2. The minimum Gasteiger partial charge on any atom is -0.394 e. The summed E-state index contributed by atoms with van der Waals surface area (Å²) in [5.74, 6) is -10.3. The van der Waals surface area contributed by atoms with Gasteiger partial charge in [-0.2, -0.15) is 0 Å². The zero-order valence-electron chi connectivity index (χ0n) is 13.6. The molecule has 0 radical (unpaired) electrons. The fourth-order valence-electron chi connectivity index (χ4n) is 1.28. The van der Waals surface area contributed by atoms with E-state index >= 15 is 0 Å². The van der Waals surface area contributed by atoms with Crippen LogP contribution < -0.4 is 0 Å². The molecule has 0 saturated carbocycles. The number of aliphatic hydroxyl groups excluding tert-OH is 3. The molecule has 13 heteroatoms. The minimum absolute atomic E-state index is 0.804. The van der Waals surface area contributed by atoms with Gasteiger partial charge in [0.1, 0.15) is 12.0 Å². The largest absolute Gasteiger partial charge is 0.421 e. The normalized spacial score (nSPS) is 13.6. The highest BCUT2D eigenvalue weighted by atomic mass is 17.2. The van der Waals surface area contributed by atoms with Crippen molar-refractivity contribution in [3.05, 3.63) is 0 Å². The highest BCUT2D eigenvalue weighted by Crippen LogP contribution is 2.16. The number of hydrogen-bond acceptors (Lipinski definition) is 13. The Balaban J connectivity index is 4.99. The van der Waals surface area contributed by atoms with Crippen LogP contribution in [-0.2, 0) is 48.3 Å². The Morgan fingerprint density at radius 3 is 1.69 bits per heavy atom. The molecular weight excluding hydrogens is 364 g/mol. The molecule has 26 heavy (non-hydrogen) atoms. The molecule has 0 heterocycles. The summed E-state index contributed by atoms with van der Waals surface area (Å²) in [5.41, 5.74) is 0. The van der Waals surface area contributed by atoms with Gasteiger partial charge in [0.15, 0.2) is 0 Å². The molecule has 0 fully saturated rings. The van der Waals surface area contributed by atoms with E-state index in [0.717, 1.165) is 13.8 Å². The van der Waals surface area contributed by atoms with Gasteiger partial charge in [0.05, 0.1) is 19.1 Å². The van der Waals surface area contributed by atoms with Gasteiger partial charge in [-0.15, -0.1) is 0 Å². The molecule has 3 unspecified atom stereocenters. The second kappa shape index (κ2) is 10.9. The lowest BCUT2D eigenvalue weighted by molar-refractivity contribution is -0.267. The first-order chi connectivity index (χ1) is 12.0. The van der Waals surface area contributed by atoms with Crippen LogP contribution in [0.25, 0.3) is 0 Å². The van der Waals surface area contributed by atoms with Gasteiger partial charge in [-0.3, -0.25) is 9.59 Å². The maximum Gasteiger partial charge on any atom is 0.421 e. The number of rotatable bonds is 8. The topological polar surface area (TPSA) is 200 Å². The van der Waals surface area contributed by atoms with E-state index in [9.17, 15) is 39.0 Å². The number of hydrogen-bond donors (Lipinski definition) is 3. The molecule has 0 saturated heterocycles. The van der Waals surface area contributed by atoms with Gasteiger partial charge in [-0.25, -0.2) is 38.7 Å². The van der Waals surface area contributed by atoms with Crippen molar-refractivity contribution in [2.45, 2.75) is 32.5 Å². The SMILES string of the molecule is CC(=O)C(=O)OOC(=O)CC(C(=O)OOC(=O)C(C)=O)C(O)C(O)CO. The molecule has 0 aromatic heterocycles. The van der Waals surface area contributed by atoms with E-state index in [4.69, 9.17) is 5.11 Å². The van der Waals surface area contributed by atoms with Crippen LogP contribution >= 0.6 is 0 Å². The van der Waals surface area contributed by atoms with Crippen molar-refractivity contribution in [2.24, 2.45) is 5.92 Å². The van der Waals surface area contributed by atoms with Gasteiger partial charge >= 0.3 is 23.9 Å². The minimum atomic E-state index is -2.10. The molecular formula is C13H16O13. The van der Waals surface area contributed by atoms with Gasteiger partial charge < -0.3 is 15.3 Å². The maximum atomic E-state index is 11.8. The monoisotopic (exact) mass is 380 g/mol. The van der Waals surface area contributed by atoms with E-state index < -0.39 is 66.6 Å². The Morgan fingerprint density at radius 1 is 0.808 bits per heavy atom. The molecule has 0 aromatic carbocycles. The molecule has 0 aromatic rings. The van der Waals surface area contributed by atoms with Crippen molar-refractivity contribution >= 4 is 35.4 Å². The third-order valence-corrected chi connectivity index (χ3v) is 2.67. The fraction of sp³-hybridized carbons (Fsp3) is 0.538. The Labute approximate surface area is 145 Å². The molecule has 3 N–H and O–H groups in total. The van der Waals surface area contributed by atoms with E-state index in [-0.39, 0.29) is 0 Å². The van der Waals surface area contributed by atoms with Gasteiger partial charge in [-0.05, 0) is 0 Å². The fourth-order valence-corrected chi connectivity index (χ4v) is 1.28. The predicted octanol–water partition coefficient (Wildman–Crippen LogP) is -3.11. The van der Waals surface area contributed by atoms with Crippen LogP contribution in [0, 0.1) is 5.92 Å². The number of ketones is 2. The highest BCUT2D eigenvalue weighted by molar-refractivity contribution is 6.32. The van der Waals surface area contributed by atoms with Crippen LogP contribution in [0.5, 0.6) is 0 Å². The Kier molecular flexibility index (Phi) is 9.65. The summed E-state index contributed by atoms with van der Waals surface area (Å²) in [6, 6.07) is 0. The average Bonchev–Trinajstić information content (AvgIpc) is 2.59. The van der Waals surface area contributed by atoms with Crippen molar-refractivity contribution < 1.29 is 63.6 Å². The van der Waals surface area contributed by atoms with E-state index in [1.165, 1.54) is 0 Å². The molecule has 0 aliphatic rings. The molecule has 0 spiro atoms. The zero-order valence-corrected chi connectivity index (χ0v) is 13.6.